The van der Waals surface area contributed by atoms with Crippen LogP contribution in [0.15, 0.2) is 5.16 Å². The zero-order valence-corrected chi connectivity index (χ0v) is 9.03. The molecule has 0 atom stereocenters. The number of carboxylic acid groups (broad SMARTS) is 1. The van der Waals surface area contributed by atoms with E-state index in [1.807, 2.05) is 13.8 Å². The minimum Gasteiger partial charge on any atom is -0.479 e. The zero-order chi connectivity index (χ0) is 11.2. The number of aliphatic carboxylic acids is 1. The van der Waals surface area contributed by atoms with Crippen LogP contribution in [0.5, 0.6) is 0 Å². The van der Waals surface area contributed by atoms with Gasteiger partial charge in [-0.2, -0.15) is 0 Å². The number of carbonyl (C=O) groups is 1. The van der Waals surface area contributed by atoms with Crippen LogP contribution in [0.4, 0.5) is 0 Å². The van der Waals surface area contributed by atoms with Crippen molar-refractivity contribution in [3.8, 4) is 0 Å². The summed E-state index contributed by atoms with van der Waals surface area (Å²) >= 11 is 0. The van der Waals surface area contributed by atoms with Gasteiger partial charge in [-0.15, -0.1) is 0 Å². The van der Waals surface area contributed by atoms with Crippen molar-refractivity contribution < 1.29 is 19.5 Å². The topological polar surface area (TPSA) is 68.1 Å². The summed E-state index contributed by atoms with van der Waals surface area (Å²) in [6.45, 7) is 5.19. The lowest BCUT2D eigenvalue weighted by Gasteiger charge is -2.21. The van der Waals surface area contributed by atoms with Gasteiger partial charge in [-0.1, -0.05) is 5.16 Å². The molecule has 0 radical (unpaired) electrons. The fourth-order valence-corrected chi connectivity index (χ4v) is 0.918. The van der Waals surface area contributed by atoms with Gasteiger partial charge >= 0.3 is 5.97 Å². The van der Waals surface area contributed by atoms with E-state index in [9.17, 15) is 4.79 Å². The predicted octanol–water partition coefficient (Wildman–Crippen LogP) is 1.28. The molecule has 0 aliphatic carbocycles. The molecule has 0 aromatic heterocycles. The lowest BCUT2D eigenvalue weighted by Crippen LogP contribution is -2.25. The van der Waals surface area contributed by atoms with Crippen LogP contribution in [0.25, 0.3) is 0 Å². The van der Waals surface area contributed by atoms with Gasteiger partial charge in [0, 0.05) is 13.5 Å². The van der Waals surface area contributed by atoms with Crippen molar-refractivity contribution in [3.05, 3.63) is 0 Å². The number of methoxy groups -OCH3 is 1. The van der Waals surface area contributed by atoms with Crippen molar-refractivity contribution in [3.63, 3.8) is 0 Å². The van der Waals surface area contributed by atoms with E-state index in [0.29, 0.717) is 12.1 Å². The highest BCUT2D eigenvalue weighted by atomic mass is 16.6. The largest absolute Gasteiger partial charge is 0.479 e. The van der Waals surface area contributed by atoms with E-state index in [-0.39, 0.29) is 5.60 Å². The molecule has 0 spiro atoms. The van der Waals surface area contributed by atoms with E-state index >= 15 is 0 Å². The molecule has 5 nitrogen and oxygen atoms in total. The van der Waals surface area contributed by atoms with Gasteiger partial charge in [0.05, 0.1) is 11.3 Å². The first-order chi connectivity index (χ1) is 6.37. The molecule has 0 aliphatic heterocycles. The van der Waals surface area contributed by atoms with E-state index in [1.165, 1.54) is 0 Å². The first kappa shape index (κ1) is 12.9. The van der Waals surface area contributed by atoms with E-state index in [1.54, 1.807) is 14.0 Å². The van der Waals surface area contributed by atoms with Crippen molar-refractivity contribution in [1.82, 2.24) is 0 Å². The van der Waals surface area contributed by atoms with Crippen LogP contribution < -0.4 is 0 Å². The normalized spacial score (nSPS) is 12.7. The van der Waals surface area contributed by atoms with Crippen molar-refractivity contribution in [2.24, 2.45) is 5.16 Å². The molecule has 0 bridgehead atoms. The number of hydrogen-bond acceptors (Lipinski definition) is 4. The molecule has 0 aliphatic rings. The Morgan fingerprint density at radius 1 is 1.50 bits per heavy atom. The van der Waals surface area contributed by atoms with Gasteiger partial charge in [0.15, 0.2) is 0 Å². The van der Waals surface area contributed by atoms with Crippen molar-refractivity contribution in [2.75, 3.05) is 13.7 Å². The Balaban J connectivity index is 3.94. The van der Waals surface area contributed by atoms with Crippen LogP contribution in [0.1, 0.15) is 27.2 Å². The highest BCUT2D eigenvalue weighted by molar-refractivity contribution is 5.82. The summed E-state index contributed by atoms with van der Waals surface area (Å²) in [7, 11) is 1.62. The molecule has 0 saturated heterocycles. The SMILES string of the molecule is COC(C)(C)CC(C)=NOCC(=O)O. The lowest BCUT2D eigenvalue weighted by atomic mass is 10.0. The summed E-state index contributed by atoms with van der Waals surface area (Å²) in [6, 6.07) is 0. The van der Waals surface area contributed by atoms with Crippen molar-refractivity contribution >= 4 is 11.7 Å². The molecule has 0 amide bonds. The van der Waals surface area contributed by atoms with Gasteiger partial charge in [-0.3, -0.25) is 0 Å². The minimum absolute atomic E-state index is 0.305. The van der Waals surface area contributed by atoms with Gasteiger partial charge in [0.1, 0.15) is 0 Å². The van der Waals surface area contributed by atoms with E-state index in [4.69, 9.17) is 9.84 Å². The number of oxime groups is 1. The Morgan fingerprint density at radius 3 is 2.50 bits per heavy atom. The summed E-state index contributed by atoms with van der Waals surface area (Å²) in [5.74, 6) is -1.03. The maximum atomic E-state index is 10.1. The third kappa shape index (κ3) is 6.42. The minimum atomic E-state index is -1.03. The summed E-state index contributed by atoms with van der Waals surface area (Å²) < 4.78 is 5.18. The maximum Gasteiger partial charge on any atom is 0.344 e. The Bertz CT molecular complexity index is 223. The Kier molecular flexibility index (Phi) is 5.15. The van der Waals surface area contributed by atoms with Gasteiger partial charge in [0.25, 0.3) is 0 Å². The molecule has 0 fully saturated rings. The third-order valence-corrected chi connectivity index (χ3v) is 1.64. The van der Waals surface area contributed by atoms with Crippen LogP contribution in [0, 0.1) is 0 Å². The van der Waals surface area contributed by atoms with Crippen LogP contribution in [-0.2, 0) is 14.4 Å². The highest BCUT2D eigenvalue weighted by Gasteiger charge is 2.17. The molecule has 0 rings (SSSR count). The smallest absolute Gasteiger partial charge is 0.344 e. The number of carboxylic acids is 1. The summed E-state index contributed by atoms with van der Waals surface area (Å²) in [4.78, 5) is 14.7. The van der Waals surface area contributed by atoms with Crippen LogP contribution in [-0.4, -0.2) is 36.1 Å². The molecule has 0 saturated carbocycles. The fourth-order valence-electron chi connectivity index (χ4n) is 0.918. The molecule has 0 aromatic rings. The second-order valence-electron chi connectivity index (χ2n) is 3.63. The highest BCUT2D eigenvalue weighted by Crippen LogP contribution is 2.13. The molecule has 82 valence electrons. The number of nitrogens with zero attached hydrogens (tertiary/aromatic N) is 1. The lowest BCUT2D eigenvalue weighted by molar-refractivity contribution is -0.142. The van der Waals surface area contributed by atoms with E-state index < -0.39 is 12.6 Å². The molecule has 14 heavy (non-hydrogen) atoms. The molecule has 5 heteroatoms. The second-order valence-corrected chi connectivity index (χ2v) is 3.63. The van der Waals surface area contributed by atoms with E-state index in [2.05, 4.69) is 9.99 Å². The summed E-state index contributed by atoms with van der Waals surface area (Å²) in [6.07, 6.45) is 0.600. The molecular formula is C9H17NO4. The Labute approximate surface area is 83.7 Å². The van der Waals surface area contributed by atoms with Crippen molar-refractivity contribution in [1.29, 1.82) is 0 Å². The molecule has 0 heterocycles. The average molecular weight is 203 g/mol. The second kappa shape index (κ2) is 5.59. The first-order valence-electron chi connectivity index (χ1n) is 4.30. The van der Waals surface area contributed by atoms with Crippen LogP contribution in [0.2, 0.25) is 0 Å². The van der Waals surface area contributed by atoms with Gasteiger partial charge < -0.3 is 14.7 Å². The van der Waals surface area contributed by atoms with Crippen molar-refractivity contribution in [2.45, 2.75) is 32.8 Å². The van der Waals surface area contributed by atoms with Gasteiger partial charge in [-0.05, 0) is 20.8 Å². The molecule has 0 unspecified atom stereocenters. The predicted molar refractivity (Wildman–Crippen MR) is 52.4 cm³/mol. The van der Waals surface area contributed by atoms with Gasteiger partial charge in [-0.25, -0.2) is 4.79 Å². The zero-order valence-electron chi connectivity index (χ0n) is 9.03. The summed E-state index contributed by atoms with van der Waals surface area (Å²) in [5.41, 5.74) is 0.401. The number of rotatable bonds is 6. The quantitative estimate of drug-likeness (QED) is 0.521. The van der Waals surface area contributed by atoms with Crippen LogP contribution in [0.3, 0.4) is 0 Å². The molecule has 0 aromatic carbocycles. The molecular weight excluding hydrogens is 186 g/mol. The number of ether oxygens (including phenoxy) is 1. The molecule has 1 N–H and O–H groups in total. The Hall–Kier alpha value is -1.10. The summed E-state index contributed by atoms with van der Waals surface area (Å²) in [5, 5.41) is 11.9. The third-order valence-electron chi connectivity index (χ3n) is 1.64. The Morgan fingerprint density at radius 2 is 2.07 bits per heavy atom. The fraction of sp³-hybridized carbons (Fsp3) is 0.778. The number of hydrogen-bond donors (Lipinski definition) is 1. The van der Waals surface area contributed by atoms with Crippen LogP contribution >= 0.6 is 0 Å². The van der Waals surface area contributed by atoms with E-state index in [0.717, 1.165) is 0 Å². The van der Waals surface area contributed by atoms with Gasteiger partial charge in [0.2, 0.25) is 6.61 Å². The average Bonchev–Trinajstić information content (AvgIpc) is 2.02. The maximum absolute atomic E-state index is 10.1. The first-order valence-corrected chi connectivity index (χ1v) is 4.30. The monoisotopic (exact) mass is 203 g/mol. The standard InChI is InChI=1S/C9H17NO4/c1-7(5-9(2,3)13-4)10-14-6-8(11)12/h5-6H2,1-4H3,(H,11,12).